The van der Waals surface area contributed by atoms with Crippen LogP contribution in [0, 0.1) is 0 Å². The molecule has 0 saturated carbocycles. The van der Waals surface area contributed by atoms with Crippen molar-refractivity contribution in [3.63, 3.8) is 0 Å². The Morgan fingerprint density at radius 3 is 2.14 bits per heavy atom. The van der Waals surface area contributed by atoms with Gasteiger partial charge in [-0.2, -0.15) is 0 Å². The van der Waals surface area contributed by atoms with E-state index in [1.807, 2.05) is 0 Å². The molecule has 14 heteroatoms. The largest absolute Gasteiger partial charge is 0.500 e. The molecule has 2 rings (SSSR count). The average Bonchev–Trinajstić information content (AvgIpc) is 3.46. The van der Waals surface area contributed by atoms with Gasteiger partial charge in [-0.25, -0.2) is 0 Å². The molecule has 0 aromatic carbocycles. The molecule has 2 fully saturated rings. The first-order valence-electron chi connectivity index (χ1n) is 9.76. The SMILES string of the molecule is CO[Si](CC[Si]1(C)O[SiH2]O[Si](C)(CCCOCC2CO2)O[SiH](C)O1)(OC)OC. The number of epoxide rings is 1. The number of rotatable bonds is 12. The van der Waals surface area contributed by atoms with Gasteiger partial charge < -0.3 is 39.2 Å². The van der Waals surface area contributed by atoms with Crippen LogP contribution in [0.3, 0.4) is 0 Å². The van der Waals surface area contributed by atoms with E-state index < -0.39 is 45.2 Å². The molecular formula is C14H36O9Si5. The Morgan fingerprint density at radius 2 is 1.61 bits per heavy atom. The first kappa shape index (κ1) is 25.0. The lowest BCUT2D eigenvalue weighted by Crippen LogP contribution is -2.56. The van der Waals surface area contributed by atoms with Gasteiger partial charge in [-0.3, -0.25) is 0 Å². The topological polar surface area (TPSA) is 86.4 Å². The Hall–Kier alpha value is 0.724. The highest BCUT2D eigenvalue weighted by atomic mass is 28.5. The Morgan fingerprint density at radius 1 is 1.04 bits per heavy atom. The summed E-state index contributed by atoms with van der Waals surface area (Å²) in [6.45, 7) is 8.47. The summed E-state index contributed by atoms with van der Waals surface area (Å²) in [4.78, 5) is 0. The van der Waals surface area contributed by atoms with E-state index in [-0.39, 0.29) is 0 Å². The summed E-state index contributed by atoms with van der Waals surface area (Å²) in [6, 6.07) is 2.29. The van der Waals surface area contributed by atoms with Gasteiger partial charge in [-0.1, -0.05) is 0 Å². The van der Waals surface area contributed by atoms with Crippen LogP contribution in [0.2, 0.25) is 37.8 Å². The molecule has 0 amide bonds. The zero-order valence-corrected chi connectivity index (χ0v) is 23.6. The maximum atomic E-state index is 6.40. The molecule has 0 aliphatic carbocycles. The van der Waals surface area contributed by atoms with Crippen molar-refractivity contribution in [2.45, 2.75) is 50.3 Å². The van der Waals surface area contributed by atoms with E-state index in [0.717, 1.165) is 25.1 Å². The standard InChI is InChI=1S/C14H36O9Si5/c1-15-28(16-2,17-3)11-10-27(6)21-24-20-26(5,22-25(4)23-27)9-7-8-18-12-14-13-19-14/h14,25H,7-13,24H2,1-6H3. The van der Waals surface area contributed by atoms with Crippen LogP contribution < -0.4 is 0 Å². The Kier molecular flexibility index (Phi) is 10.2. The smallest absolute Gasteiger partial charge is 0.420 e. The fourth-order valence-corrected chi connectivity index (χ4v) is 21.0. The second-order valence-corrected chi connectivity index (χ2v) is 21.6. The highest BCUT2D eigenvalue weighted by Gasteiger charge is 2.46. The molecule has 4 unspecified atom stereocenters. The van der Waals surface area contributed by atoms with E-state index in [9.17, 15) is 0 Å². The second-order valence-electron chi connectivity index (χ2n) is 7.41. The lowest BCUT2D eigenvalue weighted by atomic mass is 10.5. The Bertz CT molecular complexity index is 462. The lowest BCUT2D eigenvalue weighted by molar-refractivity contribution is 0.115. The monoisotopic (exact) mass is 488 g/mol. The van der Waals surface area contributed by atoms with Crippen molar-refractivity contribution in [3.05, 3.63) is 0 Å². The third-order valence-corrected chi connectivity index (χ3v) is 23.1. The quantitative estimate of drug-likeness (QED) is 0.224. The van der Waals surface area contributed by atoms with Gasteiger partial charge in [0.05, 0.1) is 13.2 Å². The van der Waals surface area contributed by atoms with Crippen molar-refractivity contribution in [1.82, 2.24) is 0 Å². The molecule has 0 bridgehead atoms. The lowest BCUT2D eigenvalue weighted by Gasteiger charge is -2.39. The molecule has 166 valence electrons. The van der Waals surface area contributed by atoms with Gasteiger partial charge in [-0.15, -0.1) is 0 Å². The van der Waals surface area contributed by atoms with E-state index in [1.54, 1.807) is 21.3 Å². The molecule has 0 aromatic rings. The van der Waals surface area contributed by atoms with Crippen molar-refractivity contribution in [2.75, 3.05) is 41.2 Å². The van der Waals surface area contributed by atoms with Crippen LogP contribution in [-0.2, 0) is 39.2 Å². The van der Waals surface area contributed by atoms with Crippen LogP contribution in [0.25, 0.3) is 0 Å². The molecule has 2 aliphatic rings. The zero-order chi connectivity index (χ0) is 20.7. The maximum absolute atomic E-state index is 6.40. The minimum Gasteiger partial charge on any atom is -0.420 e. The summed E-state index contributed by atoms with van der Waals surface area (Å²) in [5.41, 5.74) is 0. The summed E-state index contributed by atoms with van der Waals surface area (Å²) in [5, 5.41) is 0. The summed E-state index contributed by atoms with van der Waals surface area (Å²) >= 11 is 0. The van der Waals surface area contributed by atoms with Crippen LogP contribution in [0.1, 0.15) is 6.42 Å². The minimum atomic E-state index is -2.65. The molecule has 2 heterocycles. The maximum Gasteiger partial charge on any atom is 0.500 e. The molecular weight excluding hydrogens is 453 g/mol. The van der Waals surface area contributed by atoms with Gasteiger partial charge in [0.2, 0.25) is 0 Å². The third kappa shape index (κ3) is 8.10. The van der Waals surface area contributed by atoms with Gasteiger partial charge >= 0.3 is 35.2 Å². The van der Waals surface area contributed by atoms with Crippen LogP contribution in [-0.4, -0.2) is 92.5 Å². The summed E-state index contributed by atoms with van der Waals surface area (Å²) in [7, 11) is -5.49. The van der Waals surface area contributed by atoms with E-state index in [1.165, 1.54) is 0 Å². The van der Waals surface area contributed by atoms with Crippen molar-refractivity contribution in [2.24, 2.45) is 0 Å². The molecule has 0 spiro atoms. The molecule has 0 aromatic heterocycles. The minimum absolute atomic E-state index is 0.308. The molecule has 0 radical (unpaired) electrons. The fraction of sp³-hybridized carbons (Fsp3) is 1.00. The van der Waals surface area contributed by atoms with Crippen LogP contribution in [0.15, 0.2) is 0 Å². The molecule has 0 N–H and O–H groups in total. The van der Waals surface area contributed by atoms with Crippen LogP contribution >= 0.6 is 0 Å². The normalized spacial score (nSPS) is 34.9. The average molecular weight is 489 g/mol. The molecule has 4 atom stereocenters. The first-order valence-corrected chi connectivity index (χ1v) is 20.0. The van der Waals surface area contributed by atoms with Gasteiger partial charge in [0.1, 0.15) is 6.10 Å². The van der Waals surface area contributed by atoms with Gasteiger partial charge in [0.25, 0.3) is 10.0 Å². The van der Waals surface area contributed by atoms with Crippen molar-refractivity contribution in [1.29, 1.82) is 0 Å². The second kappa shape index (κ2) is 11.4. The zero-order valence-electron chi connectivity index (χ0n) is 18.0. The number of ether oxygens (including phenoxy) is 2. The highest BCUT2D eigenvalue weighted by Crippen LogP contribution is 2.28. The van der Waals surface area contributed by atoms with E-state index in [2.05, 4.69) is 19.6 Å². The Labute approximate surface area is 176 Å². The summed E-state index contributed by atoms with van der Waals surface area (Å²) < 4.78 is 52.6. The van der Waals surface area contributed by atoms with E-state index in [0.29, 0.717) is 25.4 Å². The Balaban J connectivity index is 1.80. The van der Waals surface area contributed by atoms with Gasteiger partial charge in [0.15, 0.2) is 0 Å². The van der Waals surface area contributed by atoms with Crippen molar-refractivity contribution >= 4 is 45.2 Å². The molecule has 9 nitrogen and oxygen atoms in total. The van der Waals surface area contributed by atoms with Crippen molar-refractivity contribution < 1.29 is 39.2 Å². The summed E-state index contributed by atoms with van der Waals surface area (Å²) in [5.74, 6) is 0. The molecule has 2 aliphatic heterocycles. The van der Waals surface area contributed by atoms with Crippen LogP contribution in [0.4, 0.5) is 0 Å². The van der Waals surface area contributed by atoms with Crippen LogP contribution in [0.5, 0.6) is 0 Å². The number of hydrogen-bond donors (Lipinski definition) is 0. The molecule has 2 saturated heterocycles. The van der Waals surface area contributed by atoms with Crippen molar-refractivity contribution in [3.8, 4) is 0 Å². The van der Waals surface area contributed by atoms with E-state index in [4.69, 9.17) is 39.2 Å². The van der Waals surface area contributed by atoms with Gasteiger partial charge in [0, 0.05) is 34.0 Å². The van der Waals surface area contributed by atoms with Gasteiger partial charge in [-0.05, 0) is 38.2 Å². The number of hydrogen-bond acceptors (Lipinski definition) is 9. The third-order valence-electron chi connectivity index (χ3n) is 5.00. The predicted octanol–water partition coefficient (Wildman–Crippen LogP) is 0.743. The first-order chi connectivity index (χ1) is 13.3. The summed E-state index contributed by atoms with van der Waals surface area (Å²) in [6.07, 6.45) is 1.23. The molecule has 28 heavy (non-hydrogen) atoms. The van der Waals surface area contributed by atoms with E-state index >= 15 is 0 Å². The highest BCUT2D eigenvalue weighted by molar-refractivity contribution is 6.83. The predicted molar refractivity (Wildman–Crippen MR) is 116 cm³/mol. The fourth-order valence-electron chi connectivity index (χ4n) is 3.15.